The van der Waals surface area contributed by atoms with Crippen LogP contribution in [0, 0.1) is 17.2 Å². The maximum Gasteiger partial charge on any atom is 0.0992 e. The first-order valence-electron chi connectivity index (χ1n) is 7.89. The van der Waals surface area contributed by atoms with Crippen LogP contribution in [-0.4, -0.2) is 30.6 Å². The van der Waals surface area contributed by atoms with Gasteiger partial charge in [0.15, 0.2) is 0 Å². The Morgan fingerprint density at radius 2 is 2.19 bits per heavy atom. The van der Waals surface area contributed by atoms with Gasteiger partial charge in [-0.3, -0.25) is 4.90 Å². The minimum absolute atomic E-state index is 0.633. The summed E-state index contributed by atoms with van der Waals surface area (Å²) in [4.78, 5) is 2.50. The molecule has 0 radical (unpaired) electrons. The van der Waals surface area contributed by atoms with Crippen molar-refractivity contribution in [2.45, 2.75) is 38.3 Å². The van der Waals surface area contributed by atoms with Gasteiger partial charge in [0.1, 0.15) is 0 Å². The molecule has 0 spiro atoms. The summed E-state index contributed by atoms with van der Waals surface area (Å²) in [6, 6.07) is 8.55. The number of nitrogens with zero attached hydrogens (tertiary/aromatic N) is 2. The lowest BCUT2D eigenvalue weighted by atomic mass is 9.97. The third-order valence-electron chi connectivity index (χ3n) is 4.45. The maximum atomic E-state index is 8.89. The van der Waals surface area contributed by atoms with E-state index in [4.69, 9.17) is 16.9 Å². The highest BCUT2D eigenvalue weighted by molar-refractivity contribution is 6.31. The Kier molecular flexibility index (Phi) is 4.80. The van der Waals surface area contributed by atoms with Gasteiger partial charge in [-0.25, -0.2) is 0 Å². The van der Waals surface area contributed by atoms with Crippen LogP contribution < -0.4 is 5.32 Å². The summed E-state index contributed by atoms with van der Waals surface area (Å²) in [5.74, 6) is 0.761. The quantitative estimate of drug-likeness (QED) is 0.908. The summed E-state index contributed by atoms with van der Waals surface area (Å²) in [6.45, 7) is 4.35. The van der Waals surface area contributed by atoms with Crippen LogP contribution >= 0.6 is 11.6 Å². The zero-order valence-corrected chi connectivity index (χ0v) is 13.1. The van der Waals surface area contributed by atoms with E-state index in [1.165, 1.54) is 25.7 Å². The molecule has 1 saturated heterocycles. The Morgan fingerprint density at radius 3 is 2.90 bits per heavy atom. The van der Waals surface area contributed by atoms with Gasteiger partial charge < -0.3 is 5.32 Å². The highest BCUT2D eigenvalue weighted by Crippen LogP contribution is 2.24. The van der Waals surface area contributed by atoms with Crippen molar-refractivity contribution in [3.63, 3.8) is 0 Å². The molecule has 1 aromatic rings. The minimum Gasteiger partial charge on any atom is -0.314 e. The van der Waals surface area contributed by atoms with Gasteiger partial charge in [-0.05, 0) is 62.4 Å². The molecule has 1 saturated carbocycles. The van der Waals surface area contributed by atoms with E-state index < -0.39 is 0 Å². The fraction of sp³-hybridized carbons (Fsp3) is 0.588. The van der Waals surface area contributed by atoms with Crippen LogP contribution in [0.2, 0.25) is 5.02 Å². The molecule has 1 aliphatic carbocycles. The number of nitrogens with one attached hydrogen (secondary N) is 1. The molecule has 0 aromatic heterocycles. The van der Waals surface area contributed by atoms with E-state index in [0.29, 0.717) is 10.6 Å². The van der Waals surface area contributed by atoms with Crippen LogP contribution in [0.15, 0.2) is 18.2 Å². The lowest BCUT2D eigenvalue weighted by Gasteiger charge is -2.33. The van der Waals surface area contributed by atoms with E-state index in [1.54, 1.807) is 6.07 Å². The summed E-state index contributed by atoms with van der Waals surface area (Å²) in [5, 5.41) is 13.3. The average Bonchev–Trinajstić information content (AvgIpc) is 3.32. The number of piperidine rings is 1. The Morgan fingerprint density at radius 1 is 1.33 bits per heavy atom. The second kappa shape index (κ2) is 6.79. The van der Waals surface area contributed by atoms with Gasteiger partial charge in [0, 0.05) is 24.2 Å². The Hall–Kier alpha value is -1.08. The number of benzene rings is 1. The van der Waals surface area contributed by atoms with Crippen molar-refractivity contribution < 1.29 is 0 Å². The van der Waals surface area contributed by atoms with Crippen molar-refractivity contribution in [3.05, 3.63) is 34.3 Å². The summed E-state index contributed by atoms with van der Waals surface area (Å²) in [6.07, 6.45) is 5.32. The highest BCUT2D eigenvalue weighted by atomic mass is 35.5. The first-order chi connectivity index (χ1) is 10.2. The summed E-state index contributed by atoms with van der Waals surface area (Å²) in [5.41, 5.74) is 1.76. The zero-order chi connectivity index (χ0) is 14.7. The van der Waals surface area contributed by atoms with Crippen LogP contribution in [-0.2, 0) is 6.54 Å². The molecule has 2 aliphatic rings. The molecular weight excluding hydrogens is 282 g/mol. The first-order valence-corrected chi connectivity index (χ1v) is 8.26. The van der Waals surface area contributed by atoms with Crippen molar-refractivity contribution in [3.8, 4) is 6.07 Å². The van der Waals surface area contributed by atoms with Crippen molar-refractivity contribution >= 4 is 11.6 Å². The highest BCUT2D eigenvalue weighted by Gasteiger charge is 2.24. The maximum absolute atomic E-state index is 8.89. The molecule has 112 valence electrons. The SMILES string of the molecule is N#Cc1ccc(CN2CCCC(CNC3CC3)C2)c(Cl)c1. The zero-order valence-electron chi connectivity index (χ0n) is 12.3. The van der Waals surface area contributed by atoms with E-state index in [0.717, 1.165) is 43.7 Å². The Bertz CT molecular complexity index is 533. The van der Waals surface area contributed by atoms with E-state index in [2.05, 4.69) is 16.3 Å². The second-order valence-electron chi connectivity index (χ2n) is 6.34. The van der Waals surface area contributed by atoms with Gasteiger partial charge in [0.2, 0.25) is 0 Å². The van der Waals surface area contributed by atoms with Crippen LogP contribution in [0.1, 0.15) is 36.8 Å². The Balaban J connectivity index is 1.55. The molecule has 1 N–H and O–H groups in total. The Labute approximate surface area is 131 Å². The third-order valence-corrected chi connectivity index (χ3v) is 4.80. The van der Waals surface area contributed by atoms with Crippen molar-refractivity contribution in [1.29, 1.82) is 5.26 Å². The summed E-state index contributed by atoms with van der Waals surface area (Å²) < 4.78 is 0. The van der Waals surface area contributed by atoms with Gasteiger partial charge in [-0.2, -0.15) is 5.26 Å². The van der Waals surface area contributed by atoms with E-state index in [9.17, 15) is 0 Å². The number of hydrogen-bond acceptors (Lipinski definition) is 3. The molecule has 3 rings (SSSR count). The van der Waals surface area contributed by atoms with Crippen LogP contribution in [0.3, 0.4) is 0 Å². The molecule has 1 heterocycles. The fourth-order valence-corrected chi connectivity index (χ4v) is 3.31. The second-order valence-corrected chi connectivity index (χ2v) is 6.75. The molecular formula is C17H22ClN3. The van der Waals surface area contributed by atoms with E-state index in [1.807, 2.05) is 12.1 Å². The standard InChI is InChI=1S/C17H22ClN3/c18-17-8-13(9-19)3-4-15(17)12-21-7-1-2-14(11-21)10-20-16-5-6-16/h3-4,8,14,16,20H,1-2,5-7,10-12H2. The molecule has 0 bridgehead atoms. The van der Waals surface area contributed by atoms with Crippen molar-refractivity contribution in [2.24, 2.45) is 5.92 Å². The number of nitriles is 1. The van der Waals surface area contributed by atoms with E-state index in [-0.39, 0.29) is 0 Å². The van der Waals surface area contributed by atoms with Gasteiger partial charge in [-0.15, -0.1) is 0 Å². The first kappa shape index (κ1) is 14.8. The molecule has 1 aromatic carbocycles. The van der Waals surface area contributed by atoms with Crippen LogP contribution in [0.25, 0.3) is 0 Å². The molecule has 1 aliphatic heterocycles. The van der Waals surface area contributed by atoms with Gasteiger partial charge in [0.25, 0.3) is 0 Å². The number of rotatable bonds is 5. The largest absolute Gasteiger partial charge is 0.314 e. The van der Waals surface area contributed by atoms with Crippen LogP contribution in [0.5, 0.6) is 0 Å². The number of hydrogen-bond donors (Lipinski definition) is 1. The van der Waals surface area contributed by atoms with Gasteiger partial charge in [-0.1, -0.05) is 17.7 Å². The smallest absolute Gasteiger partial charge is 0.0992 e. The predicted molar refractivity (Wildman–Crippen MR) is 85.2 cm³/mol. The van der Waals surface area contributed by atoms with Crippen LogP contribution in [0.4, 0.5) is 0 Å². The lowest BCUT2D eigenvalue weighted by Crippen LogP contribution is -2.39. The minimum atomic E-state index is 0.633. The normalized spacial score (nSPS) is 23.0. The van der Waals surface area contributed by atoms with Gasteiger partial charge >= 0.3 is 0 Å². The van der Waals surface area contributed by atoms with E-state index >= 15 is 0 Å². The van der Waals surface area contributed by atoms with Crippen molar-refractivity contribution in [1.82, 2.24) is 10.2 Å². The third kappa shape index (κ3) is 4.20. The average molecular weight is 304 g/mol. The summed E-state index contributed by atoms with van der Waals surface area (Å²) >= 11 is 6.28. The lowest BCUT2D eigenvalue weighted by molar-refractivity contribution is 0.165. The molecule has 1 unspecified atom stereocenters. The molecule has 0 amide bonds. The van der Waals surface area contributed by atoms with Gasteiger partial charge in [0.05, 0.1) is 11.6 Å². The molecule has 2 fully saturated rings. The molecule has 4 heteroatoms. The molecule has 1 atom stereocenters. The molecule has 3 nitrogen and oxygen atoms in total. The topological polar surface area (TPSA) is 39.1 Å². The number of halogens is 1. The van der Waals surface area contributed by atoms with Crippen molar-refractivity contribution in [2.75, 3.05) is 19.6 Å². The number of likely N-dealkylation sites (tertiary alicyclic amines) is 1. The summed E-state index contributed by atoms with van der Waals surface area (Å²) in [7, 11) is 0. The predicted octanol–water partition coefficient (Wildman–Crippen LogP) is 3.18. The molecule has 21 heavy (non-hydrogen) atoms. The monoisotopic (exact) mass is 303 g/mol. The fourth-order valence-electron chi connectivity index (χ4n) is 3.07.